The van der Waals surface area contributed by atoms with Gasteiger partial charge in [-0.15, -0.1) is 0 Å². The highest BCUT2D eigenvalue weighted by atomic mass is 16.3. The maximum atomic E-state index is 12.9. The minimum atomic E-state index is -0.0965. The molecule has 0 unspecified atom stereocenters. The fraction of sp³-hybridized carbons (Fsp3) is 0.316. The van der Waals surface area contributed by atoms with Gasteiger partial charge in [0.05, 0.1) is 11.4 Å². The number of rotatable bonds is 3. The summed E-state index contributed by atoms with van der Waals surface area (Å²) < 4.78 is 0. The van der Waals surface area contributed by atoms with Crippen LogP contribution in [0, 0.1) is 0 Å². The maximum Gasteiger partial charge on any atom is 0.272 e. The summed E-state index contributed by atoms with van der Waals surface area (Å²) in [5.41, 5.74) is 4.84. The lowest BCUT2D eigenvalue weighted by atomic mass is 9.99. The number of phenolic OH excluding ortho intramolecular Hbond substituents is 1. The number of nitrogens with one attached hydrogen (secondary N) is 2. The predicted molar refractivity (Wildman–Crippen MR) is 96.8 cm³/mol. The minimum absolute atomic E-state index is 0.0965. The first kappa shape index (κ1) is 16.4. The van der Waals surface area contributed by atoms with E-state index in [1.807, 2.05) is 11.0 Å². The molecule has 0 saturated heterocycles. The van der Waals surface area contributed by atoms with Crippen molar-refractivity contribution in [3.05, 3.63) is 53.0 Å². The zero-order valence-electron chi connectivity index (χ0n) is 14.8. The summed E-state index contributed by atoms with van der Waals surface area (Å²) in [7, 11) is 0. The number of amides is 1. The second kappa shape index (κ2) is 6.33. The third kappa shape index (κ3) is 2.75. The van der Waals surface area contributed by atoms with Gasteiger partial charge in [0.25, 0.3) is 5.91 Å². The molecule has 7 nitrogen and oxygen atoms in total. The van der Waals surface area contributed by atoms with Crippen LogP contribution in [-0.2, 0) is 13.0 Å². The summed E-state index contributed by atoms with van der Waals surface area (Å²) in [6, 6.07) is 8.63. The molecule has 1 amide bonds. The van der Waals surface area contributed by atoms with Gasteiger partial charge >= 0.3 is 0 Å². The molecule has 134 valence electrons. The molecule has 0 spiro atoms. The molecule has 2 aromatic heterocycles. The zero-order valence-corrected chi connectivity index (χ0v) is 14.8. The summed E-state index contributed by atoms with van der Waals surface area (Å²) >= 11 is 0. The highest BCUT2D eigenvalue weighted by molar-refractivity contribution is 5.93. The van der Waals surface area contributed by atoms with E-state index in [0.29, 0.717) is 36.0 Å². The molecule has 3 heterocycles. The minimum Gasteiger partial charge on any atom is -0.507 e. The SMILES string of the molecule is CC(C)c1n[nH]c2c1CN(C(=O)c1cc(-c3ccccc3O)n[nH]1)CC2. The first-order valence-corrected chi connectivity index (χ1v) is 8.73. The Balaban J connectivity index is 1.57. The molecular weight excluding hydrogens is 330 g/mol. The Kier molecular flexibility index (Phi) is 3.99. The van der Waals surface area contributed by atoms with Crippen molar-refractivity contribution in [1.82, 2.24) is 25.3 Å². The Bertz CT molecular complexity index is 957. The monoisotopic (exact) mass is 351 g/mol. The molecule has 1 aromatic carbocycles. The lowest BCUT2D eigenvalue weighted by Gasteiger charge is -2.27. The van der Waals surface area contributed by atoms with E-state index in [1.54, 1.807) is 24.3 Å². The van der Waals surface area contributed by atoms with Crippen molar-refractivity contribution in [1.29, 1.82) is 0 Å². The van der Waals surface area contributed by atoms with E-state index in [4.69, 9.17) is 0 Å². The number of fused-ring (bicyclic) bond motifs is 1. The topological polar surface area (TPSA) is 97.9 Å². The second-order valence-corrected chi connectivity index (χ2v) is 6.88. The molecule has 1 aliphatic rings. The Labute approximate surface area is 151 Å². The first-order chi connectivity index (χ1) is 12.5. The number of H-pyrrole nitrogens is 2. The van der Waals surface area contributed by atoms with Crippen LogP contribution in [-0.4, -0.2) is 42.9 Å². The van der Waals surface area contributed by atoms with Gasteiger partial charge in [0.2, 0.25) is 0 Å². The number of carbonyl (C=O) groups is 1. The van der Waals surface area contributed by atoms with E-state index < -0.39 is 0 Å². The van der Waals surface area contributed by atoms with Gasteiger partial charge in [-0.2, -0.15) is 10.2 Å². The van der Waals surface area contributed by atoms with E-state index in [9.17, 15) is 9.90 Å². The Morgan fingerprint density at radius 2 is 2.04 bits per heavy atom. The maximum absolute atomic E-state index is 12.9. The van der Waals surface area contributed by atoms with Crippen LogP contribution >= 0.6 is 0 Å². The van der Waals surface area contributed by atoms with Crippen molar-refractivity contribution in [2.24, 2.45) is 0 Å². The van der Waals surface area contributed by atoms with Gasteiger partial charge in [-0.25, -0.2) is 0 Å². The Morgan fingerprint density at radius 1 is 1.23 bits per heavy atom. The third-order valence-corrected chi connectivity index (χ3v) is 4.79. The number of carbonyl (C=O) groups excluding carboxylic acids is 1. The third-order valence-electron chi connectivity index (χ3n) is 4.79. The molecule has 0 saturated carbocycles. The number of hydrogen-bond donors (Lipinski definition) is 3. The van der Waals surface area contributed by atoms with Crippen molar-refractivity contribution in [2.45, 2.75) is 32.7 Å². The molecular formula is C19H21N5O2. The summed E-state index contributed by atoms with van der Waals surface area (Å²) in [6.07, 6.45) is 0.765. The number of phenols is 1. The molecule has 4 rings (SSSR count). The number of aromatic nitrogens is 4. The van der Waals surface area contributed by atoms with Crippen LogP contribution in [0.15, 0.2) is 30.3 Å². The smallest absolute Gasteiger partial charge is 0.272 e. The van der Waals surface area contributed by atoms with Crippen LogP contribution in [0.4, 0.5) is 0 Å². The second-order valence-electron chi connectivity index (χ2n) is 6.88. The van der Waals surface area contributed by atoms with E-state index in [0.717, 1.165) is 23.4 Å². The summed E-state index contributed by atoms with van der Waals surface area (Å²) in [6.45, 7) is 5.38. The van der Waals surface area contributed by atoms with E-state index in [-0.39, 0.29) is 11.7 Å². The molecule has 0 atom stereocenters. The Morgan fingerprint density at radius 3 is 2.81 bits per heavy atom. The molecule has 3 N–H and O–H groups in total. The molecule has 7 heteroatoms. The molecule has 1 aliphatic heterocycles. The van der Waals surface area contributed by atoms with Gasteiger partial charge in [0.1, 0.15) is 11.4 Å². The number of aromatic hydroxyl groups is 1. The van der Waals surface area contributed by atoms with Gasteiger partial charge < -0.3 is 10.0 Å². The van der Waals surface area contributed by atoms with Crippen molar-refractivity contribution >= 4 is 5.91 Å². The van der Waals surface area contributed by atoms with E-state index >= 15 is 0 Å². The zero-order chi connectivity index (χ0) is 18.3. The summed E-state index contributed by atoms with van der Waals surface area (Å²) in [5.74, 6) is 0.353. The largest absolute Gasteiger partial charge is 0.507 e. The molecule has 26 heavy (non-hydrogen) atoms. The van der Waals surface area contributed by atoms with Crippen LogP contribution in [0.5, 0.6) is 5.75 Å². The molecule has 0 radical (unpaired) electrons. The highest BCUT2D eigenvalue weighted by Crippen LogP contribution is 2.29. The predicted octanol–water partition coefficient (Wildman–Crippen LogP) is 2.83. The van der Waals surface area contributed by atoms with Crippen LogP contribution in [0.1, 0.15) is 47.2 Å². The molecule has 0 fully saturated rings. The van der Waals surface area contributed by atoms with E-state index in [1.165, 1.54) is 0 Å². The fourth-order valence-corrected chi connectivity index (χ4v) is 3.40. The van der Waals surface area contributed by atoms with Crippen LogP contribution in [0.3, 0.4) is 0 Å². The van der Waals surface area contributed by atoms with Gasteiger partial charge in [-0.3, -0.25) is 15.0 Å². The Hall–Kier alpha value is -3.09. The number of hydrogen-bond acceptors (Lipinski definition) is 4. The van der Waals surface area contributed by atoms with Gasteiger partial charge in [-0.05, 0) is 24.1 Å². The van der Waals surface area contributed by atoms with Gasteiger partial charge in [-0.1, -0.05) is 26.0 Å². The first-order valence-electron chi connectivity index (χ1n) is 8.73. The molecule has 0 bridgehead atoms. The van der Waals surface area contributed by atoms with Crippen molar-refractivity contribution < 1.29 is 9.90 Å². The summed E-state index contributed by atoms with van der Waals surface area (Å²) in [5, 5.41) is 24.5. The molecule has 3 aromatic rings. The average Bonchev–Trinajstić information content (AvgIpc) is 3.28. The number of nitrogens with zero attached hydrogens (tertiary/aromatic N) is 3. The van der Waals surface area contributed by atoms with Crippen molar-refractivity contribution in [3.8, 4) is 17.0 Å². The van der Waals surface area contributed by atoms with E-state index in [2.05, 4.69) is 34.2 Å². The van der Waals surface area contributed by atoms with Crippen molar-refractivity contribution in [3.63, 3.8) is 0 Å². The van der Waals surface area contributed by atoms with Crippen LogP contribution in [0.25, 0.3) is 11.3 Å². The number of aromatic amines is 2. The van der Waals surface area contributed by atoms with Crippen LogP contribution < -0.4 is 0 Å². The number of para-hydroxylation sites is 1. The lowest BCUT2D eigenvalue weighted by Crippen LogP contribution is -2.36. The standard InChI is InChI=1S/C19H21N5O2/c1-11(2)18-13-10-24(8-7-14(13)20-23-18)19(26)16-9-15(21-22-16)12-5-3-4-6-17(12)25/h3-6,9,11,25H,7-8,10H2,1-2H3,(H,20,23)(H,21,22). The molecule has 0 aliphatic carbocycles. The highest BCUT2D eigenvalue weighted by Gasteiger charge is 2.27. The lowest BCUT2D eigenvalue weighted by molar-refractivity contribution is 0.0727. The van der Waals surface area contributed by atoms with Gasteiger partial charge in [0.15, 0.2) is 0 Å². The quantitative estimate of drug-likeness (QED) is 0.676. The van der Waals surface area contributed by atoms with Gasteiger partial charge in [0, 0.05) is 36.3 Å². The average molecular weight is 351 g/mol. The fourth-order valence-electron chi connectivity index (χ4n) is 3.40. The van der Waals surface area contributed by atoms with Crippen molar-refractivity contribution in [2.75, 3.05) is 6.54 Å². The van der Waals surface area contributed by atoms with Crippen LogP contribution in [0.2, 0.25) is 0 Å². The summed E-state index contributed by atoms with van der Waals surface area (Å²) in [4.78, 5) is 14.7. The normalized spacial score (nSPS) is 13.9. The number of benzene rings is 1.